The van der Waals surface area contributed by atoms with Crippen LogP contribution in [0, 0.1) is 11.8 Å². The molecule has 0 aromatic carbocycles. The molecule has 3 N–H and O–H groups in total. The smallest absolute Gasteiger partial charge is 0.0641 e. The number of hydrogen-bond donors (Lipinski definition) is 2. The minimum absolute atomic E-state index is 0.379. The summed E-state index contributed by atoms with van der Waals surface area (Å²) in [5.41, 5.74) is 6.64. The zero-order valence-corrected chi connectivity index (χ0v) is 11.8. The predicted octanol–water partition coefficient (Wildman–Crippen LogP) is 0.295. The van der Waals surface area contributed by atoms with E-state index in [-0.39, 0.29) is 0 Å². The first-order valence-corrected chi connectivity index (χ1v) is 7.57. The molecule has 0 bridgehead atoms. The van der Waals surface area contributed by atoms with Crippen molar-refractivity contribution >= 4 is 0 Å². The molecule has 104 valence electrons. The summed E-state index contributed by atoms with van der Waals surface area (Å²) >= 11 is 0. The van der Waals surface area contributed by atoms with Crippen LogP contribution in [0.2, 0.25) is 0 Å². The molecule has 4 nitrogen and oxygen atoms in total. The Hall–Kier alpha value is -0.160. The lowest BCUT2D eigenvalue weighted by Crippen LogP contribution is -2.69. The van der Waals surface area contributed by atoms with Crippen molar-refractivity contribution in [2.75, 3.05) is 33.7 Å². The van der Waals surface area contributed by atoms with Gasteiger partial charge in [0.05, 0.1) is 6.17 Å². The van der Waals surface area contributed by atoms with Crippen molar-refractivity contribution < 1.29 is 0 Å². The summed E-state index contributed by atoms with van der Waals surface area (Å²) in [5, 5.41) is 3.92. The highest BCUT2D eigenvalue weighted by molar-refractivity contribution is 5.02. The van der Waals surface area contributed by atoms with Gasteiger partial charge in [0, 0.05) is 30.5 Å². The van der Waals surface area contributed by atoms with E-state index in [1.165, 1.54) is 45.3 Å². The third-order valence-electron chi connectivity index (χ3n) is 5.41. The molecular weight excluding hydrogens is 224 g/mol. The molecule has 0 aromatic rings. The zero-order valence-electron chi connectivity index (χ0n) is 11.8. The Balaban J connectivity index is 1.79. The maximum absolute atomic E-state index is 6.64. The average molecular weight is 252 g/mol. The maximum atomic E-state index is 6.64. The molecule has 3 rings (SSSR count). The van der Waals surface area contributed by atoms with Crippen LogP contribution >= 0.6 is 0 Å². The molecule has 0 spiro atoms. The van der Waals surface area contributed by atoms with E-state index in [1.807, 2.05) is 0 Å². The molecule has 0 saturated carbocycles. The highest BCUT2D eigenvalue weighted by Crippen LogP contribution is 2.34. The van der Waals surface area contributed by atoms with Crippen molar-refractivity contribution in [1.82, 2.24) is 15.1 Å². The first-order valence-electron chi connectivity index (χ1n) is 7.57. The molecule has 0 aromatic heterocycles. The van der Waals surface area contributed by atoms with Gasteiger partial charge in [-0.25, -0.2) is 0 Å². The standard InChI is InChI=1S/C14H28N4/c1-17-8-6-12-11(9-17)13(15)10-5-3-4-7-18(2)14(10)16-12/h10-14,16H,3-9,15H2,1-2H3. The van der Waals surface area contributed by atoms with Crippen molar-refractivity contribution in [2.45, 2.75) is 43.9 Å². The Morgan fingerprint density at radius 3 is 2.72 bits per heavy atom. The Labute approximate surface area is 111 Å². The van der Waals surface area contributed by atoms with Crippen LogP contribution in [0.25, 0.3) is 0 Å². The Morgan fingerprint density at radius 1 is 1.06 bits per heavy atom. The summed E-state index contributed by atoms with van der Waals surface area (Å²) in [6.45, 7) is 3.60. The summed E-state index contributed by atoms with van der Waals surface area (Å²) < 4.78 is 0. The highest BCUT2D eigenvalue weighted by Gasteiger charge is 2.45. The topological polar surface area (TPSA) is 44.5 Å². The quantitative estimate of drug-likeness (QED) is 0.651. The second-order valence-corrected chi connectivity index (χ2v) is 6.65. The normalized spacial score (nSPS) is 47.2. The lowest BCUT2D eigenvalue weighted by Gasteiger charge is -2.52. The van der Waals surface area contributed by atoms with Crippen molar-refractivity contribution in [3.05, 3.63) is 0 Å². The number of piperidine rings is 2. The number of hydrogen-bond acceptors (Lipinski definition) is 4. The molecule has 3 aliphatic rings. The number of nitrogens with two attached hydrogens (primary N) is 1. The second-order valence-electron chi connectivity index (χ2n) is 6.65. The monoisotopic (exact) mass is 252 g/mol. The van der Waals surface area contributed by atoms with Crippen LogP contribution < -0.4 is 11.1 Å². The fourth-order valence-electron chi connectivity index (χ4n) is 4.30. The minimum atomic E-state index is 0.379. The molecule has 0 amide bonds. The summed E-state index contributed by atoms with van der Waals surface area (Å²) in [4.78, 5) is 4.95. The van der Waals surface area contributed by atoms with Crippen LogP contribution in [0.3, 0.4) is 0 Å². The number of likely N-dealkylation sites (tertiary alicyclic amines) is 2. The first-order chi connectivity index (χ1) is 8.66. The van der Waals surface area contributed by atoms with E-state index in [1.54, 1.807) is 0 Å². The third kappa shape index (κ3) is 2.20. The van der Waals surface area contributed by atoms with E-state index in [4.69, 9.17) is 5.73 Å². The fraction of sp³-hybridized carbons (Fsp3) is 1.00. The second kappa shape index (κ2) is 5.08. The van der Waals surface area contributed by atoms with Gasteiger partial charge in [-0.05, 0) is 46.4 Å². The number of nitrogens with one attached hydrogen (secondary N) is 1. The van der Waals surface area contributed by atoms with Crippen molar-refractivity contribution in [2.24, 2.45) is 17.6 Å². The molecule has 3 saturated heterocycles. The minimum Gasteiger partial charge on any atom is -0.327 e. The fourth-order valence-corrected chi connectivity index (χ4v) is 4.30. The lowest BCUT2D eigenvalue weighted by molar-refractivity contribution is 0.0106. The van der Waals surface area contributed by atoms with Crippen molar-refractivity contribution in [3.63, 3.8) is 0 Å². The molecule has 0 radical (unpaired) electrons. The van der Waals surface area contributed by atoms with Crippen molar-refractivity contribution in [3.8, 4) is 0 Å². The largest absolute Gasteiger partial charge is 0.327 e. The highest BCUT2D eigenvalue weighted by atomic mass is 15.3. The Kier molecular flexibility index (Phi) is 3.63. The molecule has 18 heavy (non-hydrogen) atoms. The molecular formula is C14H28N4. The Bertz CT molecular complexity index is 296. The van der Waals surface area contributed by atoms with Gasteiger partial charge in [-0.2, -0.15) is 0 Å². The van der Waals surface area contributed by atoms with Gasteiger partial charge in [0.25, 0.3) is 0 Å². The molecule has 5 atom stereocenters. The summed E-state index contributed by atoms with van der Waals surface area (Å²) in [5.74, 6) is 1.29. The molecule has 4 heteroatoms. The van der Waals surface area contributed by atoms with Crippen LogP contribution in [0.15, 0.2) is 0 Å². The summed E-state index contributed by atoms with van der Waals surface area (Å²) in [6, 6.07) is 1.02. The molecule has 3 fully saturated rings. The van der Waals surface area contributed by atoms with Gasteiger partial charge in [-0.15, -0.1) is 0 Å². The van der Waals surface area contributed by atoms with Gasteiger partial charge in [-0.3, -0.25) is 10.2 Å². The number of rotatable bonds is 0. The van der Waals surface area contributed by atoms with E-state index in [0.29, 0.717) is 30.1 Å². The first kappa shape index (κ1) is 12.9. The number of fused-ring (bicyclic) bond motifs is 2. The van der Waals surface area contributed by atoms with Crippen LogP contribution in [0.5, 0.6) is 0 Å². The average Bonchev–Trinajstić information content (AvgIpc) is 2.54. The van der Waals surface area contributed by atoms with Crippen LogP contribution in [-0.2, 0) is 0 Å². The third-order valence-corrected chi connectivity index (χ3v) is 5.41. The Morgan fingerprint density at radius 2 is 1.89 bits per heavy atom. The predicted molar refractivity (Wildman–Crippen MR) is 74.3 cm³/mol. The number of nitrogens with zero attached hydrogens (tertiary/aromatic N) is 2. The van der Waals surface area contributed by atoms with Gasteiger partial charge in [0.2, 0.25) is 0 Å². The molecule has 5 unspecified atom stereocenters. The maximum Gasteiger partial charge on any atom is 0.0641 e. The van der Waals surface area contributed by atoms with Crippen molar-refractivity contribution in [1.29, 1.82) is 0 Å². The van der Waals surface area contributed by atoms with Gasteiger partial charge in [0.15, 0.2) is 0 Å². The van der Waals surface area contributed by atoms with E-state index >= 15 is 0 Å². The molecule has 3 heterocycles. The van der Waals surface area contributed by atoms with E-state index < -0.39 is 0 Å². The SMILES string of the molecule is CN1CCC2NC3C(CCCCN3C)C(N)C2C1. The van der Waals surface area contributed by atoms with Gasteiger partial charge in [0.1, 0.15) is 0 Å². The van der Waals surface area contributed by atoms with Gasteiger partial charge < -0.3 is 10.6 Å². The summed E-state index contributed by atoms with van der Waals surface area (Å²) in [6.07, 6.45) is 5.75. The van der Waals surface area contributed by atoms with Crippen LogP contribution in [-0.4, -0.2) is 61.8 Å². The van der Waals surface area contributed by atoms with Gasteiger partial charge >= 0.3 is 0 Å². The van der Waals surface area contributed by atoms with Crippen LogP contribution in [0.4, 0.5) is 0 Å². The van der Waals surface area contributed by atoms with Crippen LogP contribution in [0.1, 0.15) is 25.7 Å². The molecule has 0 aliphatic carbocycles. The van der Waals surface area contributed by atoms with Gasteiger partial charge in [-0.1, -0.05) is 6.42 Å². The van der Waals surface area contributed by atoms with E-state index in [2.05, 4.69) is 29.2 Å². The van der Waals surface area contributed by atoms with E-state index in [9.17, 15) is 0 Å². The summed E-state index contributed by atoms with van der Waals surface area (Å²) in [7, 11) is 4.49. The zero-order chi connectivity index (χ0) is 12.7. The molecule has 3 aliphatic heterocycles. The lowest BCUT2D eigenvalue weighted by atomic mass is 9.74. The van der Waals surface area contributed by atoms with E-state index in [0.717, 1.165) is 0 Å².